The van der Waals surface area contributed by atoms with Gasteiger partial charge in [0.15, 0.2) is 0 Å². The van der Waals surface area contributed by atoms with E-state index in [4.69, 9.17) is 0 Å². The minimum Gasteiger partial charge on any atom is -0.350 e. The number of carbonyl (C=O) groups excluding carboxylic acids is 1. The van der Waals surface area contributed by atoms with Crippen molar-refractivity contribution < 1.29 is 4.79 Å². The Hall–Kier alpha value is -0.320. The van der Waals surface area contributed by atoms with Gasteiger partial charge in [0.05, 0.1) is 6.54 Å². The van der Waals surface area contributed by atoms with Crippen LogP contribution in [0.1, 0.15) is 27.2 Å². The Kier molecular flexibility index (Phi) is 7.05. The van der Waals surface area contributed by atoms with E-state index in [0.717, 1.165) is 19.6 Å². The average molecular weight is 264 g/mol. The van der Waals surface area contributed by atoms with Crippen LogP contribution in [-0.4, -0.2) is 49.6 Å². The summed E-state index contributed by atoms with van der Waals surface area (Å²) in [4.78, 5) is 13.9. The third kappa shape index (κ3) is 6.86. The van der Waals surface area contributed by atoms with Crippen molar-refractivity contribution in [2.24, 2.45) is 5.92 Å². The van der Waals surface area contributed by atoms with Crippen LogP contribution in [0.2, 0.25) is 0 Å². The number of rotatable bonds is 4. The zero-order valence-corrected chi connectivity index (χ0v) is 12.2. The Morgan fingerprint density at radius 2 is 2.06 bits per heavy atom. The van der Waals surface area contributed by atoms with Gasteiger partial charge in [-0.2, -0.15) is 0 Å². The van der Waals surface area contributed by atoms with E-state index in [2.05, 4.69) is 15.5 Å². The van der Waals surface area contributed by atoms with Gasteiger partial charge in [-0.25, -0.2) is 0 Å². The molecule has 2 N–H and O–H groups in total. The summed E-state index contributed by atoms with van der Waals surface area (Å²) >= 11 is 0. The van der Waals surface area contributed by atoms with E-state index in [1.165, 1.54) is 6.42 Å². The van der Waals surface area contributed by atoms with Crippen LogP contribution in [0.5, 0.6) is 0 Å². The molecule has 1 unspecified atom stereocenters. The molecule has 1 fully saturated rings. The first-order valence-corrected chi connectivity index (χ1v) is 6.08. The lowest BCUT2D eigenvalue weighted by Crippen LogP contribution is -2.45. The minimum atomic E-state index is -0.124. The molecule has 0 bridgehead atoms. The molecule has 5 heteroatoms. The van der Waals surface area contributed by atoms with Crippen LogP contribution < -0.4 is 10.6 Å². The first-order valence-electron chi connectivity index (χ1n) is 6.08. The lowest BCUT2D eigenvalue weighted by atomic mass is 10.1. The van der Waals surface area contributed by atoms with Crippen LogP contribution in [0.15, 0.2) is 0 Å². The summed E-state index contributed by atoms with van der Waals surface area (Å²) < 4.78 is 0. The standard InChI is InChI=1S/C12H25N3O.ClH/c1-12(2,3)14-11(16)9-15-6-5-10(8-15)7-13-4;/h10,13H,5-9H2,1-4H3,(H,14,16);1H. The van der Waals surface area contributed by atoms with Gasteiger partial charge in [-0.1, -0.05) is 0 Å². The van der Waals surface area contributed by atoms with E-state index in [9.17, 15) is 4.79 Å². The Balaban J connectivity index is 0.00000256. The largest absolute Gasteiger partial charge is 0.350 e. The number of carbonyl (C=O) groups is 1. The van der Waals surface area contributed by atoms with Crippen molar-refractivity contribution in [2.75, 3.05) is 33.2 Å². The normalized spacial score (nSPS) is 21.1. The quantitative estimate of drug-likeness (QED) is 0.791. The van der Waals surface area contributed by atoms with E-state index in [0.29, 0.717) is 12.5 Å². The summed E-state index contributed by atoms with van der Waals surface area (Å²) in [5.41, 5.74) is -0.124. The van der Waals surface area contributed by atoms with E-state index >= 15 is 0 Å². The second-order valence-corrected chi connectivity index (χ2v) is 5.75. The molecular formula is C12H26ClN3O. The lowest BCUT2D eigenvalue weighted by molar-refractivity contribution is -0.123. The monoisotopic (exact) mass is 263 g/mol. The molecule has 1 saturated heterocycles. The predicted molar refractivity (Wildman–Crippen MR) is 73.6 cm³/mol. The fourth-order valence-electron chi connectivity index (χ4n) is 2.17. The highest BCUT2D eigenvalue weighted by Gasteiger charge is 2.24. The van der Waals surface area contributed by atoms with Crippen LogP contribution in [0.4, 0.5) is 0 Å². The molecule has 1 rings (SSSR count). The molecule has 0 saturated carbocycles. The Bertz CT molecular complexity index is 240. The molecule has 1 heterocycles. The first-order chi connectivity index (χ1) is 7.40. The SMILES string of the molecule is CNCC1CCN(CC(=O)NC(C)(C)C)C1.Cl. The number of hydrogen-bond acceptors (Lipinski definition) is 3. The number of amides is 1. The average Bonchev–Trinajstić information content (AvgIpc) is 2.49. The smallest absolute Gasteiger partial charge is 0.234 e. The summed E-state index contributed by atoms with van der Waals surface area (Å²) in [6.45, 7) is 9.72. The predicted octanol–water partition coefficient (Wildman–Crippen LogP) is 0.864. The van der Waals surface area contributed by atoms with Crippen LogP contribution in [0, 0.1) is 5.92 Å². The summed E-state index contributed by atoms with van der Waals surface area (Å²) in [5.74, 6) is 0.838. The molecule has 0 aromatic heterocycles. The second kappa shape index (κ2) is 7.19. The fourth-order valence-corrected chi connectivity index (χ4v) is 2.17. The molecule has 0 aromatic carbocycles. The van der Waals surface area contributed by atoms with Gasteiger partial charge in [0.2, 0.25) is 5.91 Å². The number of nitrogens with zero attached hydrogens (tertiary/aromatic N) is 1. The molecular weight excluding hydrogens is 238 g/mol. The highest BCUT2D eigenvalue weighted by atomic mass is 35.5. The topological polar surface area (TPSA) is 44.4 Å². The number of likely N-dealkylation sites (tertiary alicyclic amines) is 1. The Labute approximate surface area is 111 Å². The number of hydrogen-bond donors (Lipinski definition) is 2. The van der Waals surface area contributed by atoms with Gasteiger partial charge in [-0.15, -0.1) is 12.4 Å². The summed E-state index contributed by atoms with van der Waals surface area (Å²) in [5, 5.41) is 6.19. The maximum absolute atomic E-state index is 11.7. The van der Waals surface area contributed by atoms with Crippen LogP contribution >= 0.6 is 12.4 Å². The van der Waals surface area contributed by atoms with Crippen molar-refractivity contribution in [3.63, 3.8) is 0 Å². The third-order valence-corrected chi connectivity index (χ3v) is 2.74. The van der Waals surface area contributed by atoms with E-state index < -0.39 is 0 Å². The van der Waals surface area contributed by atoms with E-state index in [-0.39, 0.29) is 23.9 Å². The second-order valence-electron chi connectivity index (χ2n) is 5.75. The maximum Gasteiger partial charge on any atom is 0.234 e. The molecule has 1 atom stereocenters. The molecule has 102 valence electrons. The van der Waals surface area contributed by atoms with Gasteiger partial charge in [-0.05, 0) is 53.2 Å². The van der Waals surface area contributed by atoms with Gasteiger partial charge in [0.25, 0.3) is 0 Å². The summed E-state index contributed by atoms with van der Waals surface area (Å²) in [7, 11) is 1.98. The molecule has 0 aliphatic carbocycles. The molecule has 0 radical (unpaired) electrons. The van der Waals surface area contributed by atoms with E-state index in [1.807, 2.05) is 27.8 Å². The molecule has 1 aliphatic rings. The van der Waals surface area contributed by atoms with Gasteiger partial charge in [-0.3, -0.25) is 9.69 Å². The number of nitrogens with one attached hydrogen (secondary N) is 2. The van der Waals surface area contributed by atoms with Gasteiger partial charge < -0.3 is 10.6 Å². The van der Waals surface area contributed by atoms with Crippen molar-refractivity contribution in [2.45, 2.75) is 32.7 Å². The molecule has 17 heavy (non-hydrogen) atoms. The van der Waals surface area contributed by atoms with Crippen LogP contribution in [-0.2, 0) is 4.79 Å². The summed E-state index contributed by atoms with van der Waals surface area (Å²) in [6, 6.07) is 0. The lowest BCUT2D eigenvalue weighted by Gasteiger charge is -2.23. The van der Waals surface area contributed by atoms with E-state index in [1.54, 1.807) is 0 Å². The van der Waals surface area contributed by atoms with Gasteiger partial charge in [0, 0.05) is 12.1 Å². The highest BCUT2D eigenvalue weighted by Crippen LogP contribution is 2.14. The minimum absolute atomic E-state index is 0. The fraction of sp³-hybridized carbons (Fsp3) is 0.917. The number of halogens is 1. The van der Waals surface area contributed by atoms with Crippen molar-refractivity contribution in [3.8, 4) is 0 Å². The molecule has 1 aliphatic heterocycles. The van der Waals surface area contributed by atoms with Crippen LogP contribution in [0.3, 0.4) is 0 Å². The zero-order valence-electron chi connectivity index (χ0n) is 11.4. The molecule has 0 spiro atoms. The van der Waals surface area contributed by atoms with Crippen molar-refractivity contribution >= 4 is 18.3 Å². The summed E-state index contributed by atoms with van der Waals surface area (Å²) in [6.07, 6.45) is 1.20. The Morgan fingerprint density at radius 1 is 1.41 bits per heavy atom. The van der Waals surface area contributed by atoms with Crippen molar-refractivity contribution in [1.29, 1.82) is 0 Å². The molecule has 4 nitrogen and oxygen atoms in total. The van der Waals surface area contributed by atoms with Crippen molar-refractivity contribution in [1.82, 2.24) is 15.5 Å². The Morgan fingerprint density at radius 3 is 2.59 bits per heavy atom. The van der Waals surface area contributed by atoms with Gasteiger partial charge >= 0.3 is 0 Å². The van der Waals surface area contributed by atoms with Crippen molar-refractivity contribution in [3.05, 3.63) is 0 Å². The van der Waals surface area contributed by atoms with Gasteiger partial charge in [0.1, 0.15) is 0 Å². The first kappa shape index (κ1) is 16.7. The zero-order chi connectivity index (χ0) is 12.2. The highest BCUT2D eigenvalue weighted by molar-refractivity contribution is 5.85. The molecule has 1 amide bonds. The maximum atomic E-state index is 11.7. The third-order valence-electron chi connectivity index (χ3n) is 2.74. The molecule has 0 aromatic rings. The van der Waals surface area contributed by atoms with Crippen LogP contribution in [0.25, 0.3) is 0 Å².